The molecule has 0 unspecified atom stereocenters. The van der Waals surface area contributed by atoms with Crippen LogP contribution in [0.1, 0.15) is 0 Å². The molecule has 0 N–H and O–H groups in total. The third-order valence-corrected chi connectivity index (χ3v) is 9.12. The van der Waals surface area contributed by atoms with E-state index in [0.717, 1.165) is 43.6 Å². The first-order valence-corrected chi connectivity index (χ1v) is 15.8. The van der Waals surface area contributed by atoms with Gasteiger partial charge < -0.3 is 0 Å². The Morgan fingerprint density at radius 3 is 1.19 bits per heavy atom. The molecule has 48 heavy (non-hydrogen) atoms. The average Bonchev–Trinajstić information content (AvgIpc) is 3.77. The van der Waals surface area contributed by atoms with Crippen LogP contribution in [0.2, 0.25) is 0 Å². The van der Waals surface area contributed by atoms with Gasteiger partial charge in [-0.05, 0) is 60.7 Å². The van der Waals surface area contributed by atoms with E-state index < -0.39 is 0 Å². The SMILES string of the molecule is O=c1n(-c2cccc(-n3c4ccccc4c4ccccc43)n2)c2cccnc2n1-c1cccc(-n2c3ccccc3c3ccccc32)n1. The highest BCUT2D eigenvalue weighted by molar-refractivity contribution is 6.10. The average molecular weight is 620 g/mol. The van der Waals surface area contributed by atoms with Crippen LogP contribution in [-0.2, 0) is 0 Å². The van der Waals surface area contributed by atoms with E-state index in [2.05, 4.69) is 74.8 Å². The van der Waals surface area contributed by atoms with Gasteiger partial charge in [-0.2, -0.15) is 0 Å². The van der Waals surface area contributed by atoms with Crippen LogP contribution in [0, 0.1) is 0 Å². The fourth-order valence-electron chi connectivity index (χ4n) is 7.12. The Morgan fingerprint density at radius 1 is 0.354 bits per heavy atom. The van der Waals surface area contributed by atoms with Gasteiger partial charge in [0.1, 0.15) is 23.3 Å². The number of benzene rings is 4. The molecule has 0 aliphatic heterocycles. The molecule has 10 rings (SSSR count). The molecule has 8 nitrogen and oxygen atoms in total. The first-order chi connectivity index (χ1) is 23.8. The second-order valence-electron chi connectivity index (χ2n) is 11.7. The number of hydrogen-bond donors (Lipinski definition) is 0. The molecule has 0 aliphatic carbocycles. The summed E-state index contributed by atoms with van der Waals surface area (Å²) in [6, 6.07) is 48.5. The first kappa shape index (κ1) is 26.4. The predicted octanol–water partition coefficient (Wildman–Crippen LogP) is 8.16. The lowest BCUT2D eigenvalue weighted by molar-refractivity contribution is 0.870. The van der Waals surface area contributed by atoms with Gasteiger partial charge in [-0.1, -0.05) is 84.9 Å². The molecule has 0 saturated heterocycles. The minimum absolute atomic E-state index is 0.303. The third kappa shape index (κ3) is 3.71. The molecule has 0 saturated carbocycles. The highest BCUT2D eigenvalue weighted by atomic mass is 16.2. The lowest BCUT2D eigenvalue weighted by Crippen LogP contribution is -2.24. The molecule has 6 heterocycles. The molecule has 4 aromatic carbocycles. The van der Waals surface area contributed by atoms with Crippen LogP contribution in [0.4, 0.5) is 0 Å². The van der Waals surface area contributed by atoms with Crippen LogP contribution in [0.25, 0.3) is 78.0 Å². The predicted molar refractivity (Wildman–Crippen MR) is 191 cm³/mol. The van der Waals surface area contributed by atoms with Crippen molar-refractivity contribution in [2.24, 2.45) is 0 Å². The molecular formula is C40H25N7O. The fourth-order valence-corrected chi connectivity index (χ4v) is 7.12. The molecule has 6 aromatic heterocycles. The van der Waals surface area contributed by atoms with Gasteiger partial charge in [-0.25, -0.2) is 28.9 Å². The summed E-state index contributed by atoms with van der Waals surface area (Å²) in [7, 11) is 0. The molecule has 0 aliphatic rings. The Kier molecular flexibility index (Phi) is 5.56. The third-order valence-electron chi connectivity index (χ3n) is 9.12. The Hall–Kier alpha value is -6.80. The van der Waals surface area contributed by atoms with E-state index in [0.29, 0.717) is 34.4 Å². The zero-order valence-electron chi connectivity index (χ0n) is 25.5. The molecule has 0 bridgehead atoms. The smallest absolute Gasteiger partial charge is 0.294 e. The number of hydrogen-bond acceptors (Lipinski definition) is 4. The van der Waals surface area contributed by atoms with Crippen molar-refractivity contribution in [2.45, 2.75) is 0 Å². The maximum absolute atomic E-state index is 14.5. The summed E-state index contributed by atoms with van der Waals surface area (Å²) in [5.41, 5.74) is 5.01. The zero-order valence-corrected chi connectivity index (χ0v) is 25.5. The number of imidazole rings is 1. The standard InChI is InChI=1S/C40H25N7O/c48-40-46(37-23-9-21-35(42-37)44-30-16-5-1-12-26(30)27-13-2-6-17-31(27)44)34-20-11-25-41-39(34)47(40)38-24-10-22-36(43-38)45-32-18-7-3-14-28(32)29-15-4-8-19-33(29)45/h1-25H. The molecule has 226 valence electrons. The molecule has 0 spiro atoms. The Bertz CT molecular complexity index is 2640. The van der Waals surface area contributed by atoms with Crippen molar-refractivity contribution < 1.29 is 0 Å². The Labute approximate surface area is 273 Å². The lowest BCUT2D eigenvalue weighted by Gasteiger charge is -2.10. The number of rotatable bonds is 4. The quantitative estimate of drug-likeness (QED) is 0.199. The maximum atomic E-state index is 14.5. The van der Waals surface area contributed by atoms with E-state index in [1.54, 1.807) is 15.3 Å². The van der Waals surface area contributed by atoms with E-state index in [9.17, 15) is 4.79 Å². The molecule has 0 atom stereocenters. The number of para-hydroxylation sites is 4. The molecule has 8 heteroatoms. The molecule has 0 fully saturated rings. The van der Waals surface area contributed by atoms with Crippen LogP contribution in [0.5, 0.6) is 0 Å². The van der Waals surface area contributed by atoms with Gasteiger partial charge in [-0.15, -0.1) is 0 Å². The Balaban J connectivity index is 1.18. The maximum Gasteiger partial charge on any atom is 0.342 e. The van der Waals surface area contributed by atoms with Crippen molar-refractivity contribution in [1.29, 1.82) is 0 Å². The molecule has 0 radical (unpaired) electrons. The van der Waals surface area contributed by atoms with Gasteiger partial charge in [0.05, 0.1) is 27.6 Å². The van der Waals surface area contributed by atoms with E-state index in [-0.39, 0.29) is 5.69 Å². The van der Waals surface area contributed by atoms with Gasteiger partial charge in [0.2, 0.25) is 0 Å². The summed E-state index contributed by atoms with van der Waals surface area (Å²) in [4.78, 5) is 29.4. The lowest BCUT2D eigenvalue weighted by atomic mass is 10.2. The van der Waals surface area contributed by atoms with Crippen LogP contribution in [0.15, 0.2) is 157 Å². The largest absolute Gasteiger partial charge is 0.342 e. The summed E-state index contributed by atoms with van der Waals surface area (Å²) in [5.74, 6) is 2.39. The summed E-state index contributed by atoms with van der Waals surface area (Å²) in [6.07, 6.45) is 1.70. The number of nitrogens with zero attached hydrogens (tertiary/aromatic N) is 7. The van der Waals surface area contributed by atoms with E-state index >= 15 is 0 Å². The number of fused-ring (bicyclic) bond motifs is 7. The zero-order chi connectivity index (χ0) is 31.8. The summed E-state index contributed by atoms with van der Waals surface area (Å²) < 4.78 is 7.48. The Morgan fingerprint density at radius 2 is 0.729 bits per heavy atom. The van der Waals surface area contributed by atoms with Gasteiger partial charge in [-0.3, -0.25) is 9.13 Å². The summed E-state index contributed by atoms with van der Waals surface area (Å²) >= 11 is 0. The highest BCUT2D eigenvalue weighted by Crippen LogP contribution is 2.33. The minimum atomic E-state index is -0.303. The van der Waals surface area contributed by atoms with Crippen molar-refractivity contribution >= 4 is 54.8 Å². The normalized spacial score (nSPS) is 11.8. The molecule has 0 amide bonds. The van der Waals surface area contributed by atoms with Crippen molar-refractivity contribution in [2.75, 3.05) is 0 Å². The first-order valence-electron chi connectivity index (χ1n) is 15.8. The van der Waals surface area contributed by atoms with Crippen molar-refractivity contribution in [3.8, 4) is 23.3 Å². The van der Waals surface area contributed by atoms with E-state index in [4.69, 9.17) is 9.97 Å². The topological polar surface area (TPSA) is 75.5 Å². The summed E-state index contributed by atoms with van der Waals surface area (Å²) in [6.45, 7) is 0. The van der Waals surface area contributed by atoms with Crippen LogP contribution < -0.4 is 5.69 Å². The molecule has 10 aromatic rings. The van der Waals surface area contributed by atoms with Gasteiger partial charge >= 0.3 is 5.69 Å². The second-order valence-corrected chi connectivity index (χ2v) is 11.7. The van der Waals surface area contributed by atoms with Crippen molar-refractivity contribution in [1.82, 2.24) is 33.2 Å². The minimum Gasteiger partial charge on any atom is -0.294 e. The van der Waals surface area contributed by atoms with Crippen molar-refractivity contribution in [3.63, 3.8) is 0 Å². The summed E-state index contributed by atoms with van der Waals surface area (Å²) in [5, 5.41) is 4.58. The van der Waals surface area contributed by atoms with Crippen LogP contribution >= 0.6 is 0 Å². The van der Waals surface area contributed by atoms with Crippen LogP contribution in [-0.4, -0.2) is 33.2 Å². The number of aromatic nitrogens is 7. The van der Waals surface area contributed by atoms with E-state index in [1.165, 1.54) is 0 Å². The fraction of sp³-hybridized carbons (Fsp3) is 0. The second kappa shape index (κ2) is 10.1. The van der Waals surface area contributed by atoms with Gasteiger partial charge in [0.25, 0.3) is 0 Å². The van der Waals surface area contributed by atoms with Gasteiger partial charge in [0, 0.05) is 27.7 Å². The molecular weight excluding hydrogens is 594 g/mol. The van der Waals surface area contributed by atoms with E-state index in [1.807, 2.05) is 84.9 Å². The van der Waals surface area contributed by atoms with Crippen molar-refractivity contribution in [3.05, 3.63) is 162 Å². The number of pyridine rings is 3. The monoisotopic (exact) mass is 619 g/mol. The van der Waals surface area contributed by atoms with Crippen LogP contribution in [0.3, 0.4) is 0 Å². The van der Waals surface area contributed by atoms with Gasteiger partial charge in [0.15, 0.2) is 5.65 Å². The highest BCUT2D eigenvalue weighted by Gasteiger charge is 2.21.